The molecular weight excluding hydrogens is 412 g/mol. The molecule has 0 aliphatic heterocycles. The lowest BCUT2D eigenvalue weighted by Gasteiger charge is -2.18. The Hall–Kier alpha value is -2.38. The number of benzene rings is 1. The molecule has 0 saturated heterocycles. The highest BCUT2D eigenvalue weighted by Crippen LogP contribution is 2.46. The van der Waals surface area contributed by atoms with Gasteiger partial charge in [-0.05, 0) is 54.3 Å². The third-order valence-corrected chi connectivity index (χ3v) is 5.77. The summed E-state index contributed by atoms with van der Waals surface area (Å²) in [6.07, 6.45) is 2.11. The van der Waals surface area contributed by atoms with Gasteiger partial charge in [-0.1, -0.05) is 23.7 Å². The number of carbonyl (C=O) groups is 3. The molecule has 1 aromatic heterocycles. The smallest absolute Gasteiger partial charge is 0.341 e. The summed E-state index contributed by atoms with van der Waals surface area (Å²) in [7, 11) is 0. The van der Waals surface area contributed by atoms with Crippen molar-refractivity contribution in [1.82, 2.24) is 5.32 Å². The highest BCUT2D eigenvalue weighted by atomic mass is 35.5. The van der Waals surface area contributed by atoms with Gasteiger partial charge in [0, 0.05) is 11.9 Å². The fourth-order valence-corrected chi connectivity index (χ4v) is 4.30. The Balaban J connectivity index is 1.77. The second-order valence-electron chi connectivity index (χ2n) is 6.95. The Morgan fingerprint density at radius 2 is 1.93 bits per heavy atom. The van der Waals surface area contributed by atoms with Gasteiger partial charge in [-0.25, -0.2) is 4.79 Å². The number of ether oxygens (including phenoxy) is 1. The second-order valence-corrected chi connectivity index (χ2v) is 8.26. The first-order valence-electron chi connectivity index (χ1n) is 9.50. The van der Waals surface area contributed by atoms with Crippen molar-refractivity contribution in [3.8, 4) is 0 Å². The normalized spacial score (nSPS) is 14.2. The van der Waals surface area contributed by atoms with Gasteiger partial charge < -0.3 is 15.4 Å². The topological polar surface area (TPSA) is 84.5 Å². The van der Waals surface area contributed by atoms with Crippen LogP contribution in [0.15, 0.2) is 29.6 Å². The molecule has 1 aliphatic carbocycles. The molecule has 1 aromatic carbocycles. The molecule has 6 nitrogen and oxygen atoms in total. The van der Waals surface area contributed by atoms with Gasteiger partial charge in [0.1, 0.15) is 5.00 Å². The maximum atomic E-state index is 12.7. The minimum absolute atomic E-state index is 0.0279. The van der Waals surface area contributed by atoms with Gasteiger partial charge in [-0.15, -0.1) is 11.3 Å². The van der Waals surface area contributed by atoms with Gasteiger partial charge in [0.05, 0.1) is 24.6 Å². The highest BCUT2D eigenvalue weighted by molar-refractivity contribution is 7.15. The molecule has 8 heteroatoms. The van der Waals surface area contributed by atoms with E-state index in [-0.39, 0.29) is 24.8 Å². The van der Waals surface area contributed by atoms with Crippen LogP contribution in [-0.4, -0.2) is 24.4 Å². The van der Waals surface area contributed by atoms with Gasteiger partial charge in [-0.2, -0.15) is 0 Å². The molecule has 0 radical (unpaired) electrons. The van der Waals surface area contributed by atoms with Gasteiger partial charge in [0.2, 0.25) is 11.8 Å². The summed E-state index contributed by atoms with van der Waals surface area (Å²) in [6.45, 7) is 3.43. The van der Waals surface area contributed by atoms with E-state index in [9.17, 15) is 14.4 Å². The summed E-state index contributed by atoms with van der Waals surface area (Å²) in [5.74, 6) is -0.592. The van der Waals surface area contributed by atoms with E-state index < -0.39 is 12.0 Å². The molecule has 3 rings (SSSR count). The minimum Gasteiger partial charge on any atom is -0.462 e. The Kier molecular flexibility index (Phi) is 6.92. The third kappa shape index (κ3) is 5.58. The zero-order valence-electron chi connectivity index (χ0n) is 16.3. The van der Waals surface area contributed by atoms with Crippen molar-refractivity contribution in [3.63, 3.8) is 0 Å². The van der Waals surface area contributed by atoms with E-state index in [0.717, 1.165) is 24.0 Å². The van der Waals surface area contributed by atoms with Crippen molar-refractivity contribution in [2.45, 2.75) is 45.1 Å². The first-order chi connectivity index (χ1) is 13.9. The zero-order chi connectivity index (χ0) is 21.0. The van der Waals surface area contributed by atoms with Crippen LogP contribution in [0.3, 0.4) is 0 Å². The number of halogens is 1. The number of amides is 2. The number of thiophene rings is 1. The number of rotatable bonds is 8. The van der Waals surface area contributed by atoms with Gasteiger partial charge >= 0.3 is 5.97 Å². The molecule has 0 bridgehead atoms. The minimum atomic E-state index is -0.501. The average molecular weight is 435 g/mol. The fraction of sp³-hybridized carbons (Fsp3) is 0.381. The van der Waals surface area contributed by atoms with E-state index in [1.165, 1.54) is 18.3 Å². The maximum Gasteiger partial charge on any atom is 0.341 e. The summed E-state index contributed by atoms with van der Waals surface area (Å²) >= 11 is 7.26. The van der Waals surface area contributed by atoms with Crippen molar-refractivity contribution in [1.29, 1.82) is 0 Å². The lowest BCUT2D eigenvalue weighted by molar-refractivity contribution is -0.120. The number of anilines is 1. The standard InChI is InChI=1S/C21H23ClN2O4S/c1-3-28-21(27)19-16(13-4-5-13)11-29-20(19)24-18(26)10-17(23-12(2)25)14-6-8-15(22)9-7-14/h6-9,11,13,17H,3-5,10H2,1-2H3,(H,23,25)(H,24,26). The van der Waals surface area contributed by atoms with E-state index in [1.807, 2.05) is 5.38 Å². The SMILES string of the molecule is CCOC(=O)c1c(C2CC2)csc1NC(=O)CC(NC(C)=O)c1ccc(Cl)cc1. The predicted molar refractivity (Wildman–Crippen MR) is 114 cm³/mol. The summed E-state index contributed by atoms with van der Waals surface area (Å²) in [5.41, 5.74) is 2.17. The van der Waals surface area contributed by atoms with E-state index in [4.69, 9.17) is 16.3 Å². The summed E-state index contributed by atoms with van der Waals surface area (Å²) in [4.78, 5) is 36.8. The van der Waals surface area contributed by atoms with Crippen molar-refractivity contribution >= 4 is 45.7 Å². The van der Waals surface area contributed by atoms with Crippen LogP contribution in [-0.2, 0) is 14.3 Å². The molecule has 2 amide bonds. The Morgan fingerprint density at radius 3 is 2.52 bits per heavy atom. The molecule has 0 spiro atoms. The monoisotopic (exact) mass is 434 g/mol. The average Bonchev–Trinajstić information content (AvgIpc) is 3.42. The van der Waals surface area contributed by atoms with Crippen molar-refractivity contribution in [3.05, 3.63) is 51.4 Å². The number of carbonyl (C=O) groups excluding carboxylic acids is 3. The fourth-order valence-electron chi connectivity index (χ4n) is 3.13. The number of nitrogens with one attached hydrogen (secondary N) is 2. The molecule has 29 heavy (non-hydrogen) atoms. The van der Waals surface area contributed by atoms with E-state index in [2.05, 4.69) is 10.6 Å². The molecule has 2 N–H and O–H groups in total. The molecular formula is C21H23ClN2O4S. The van der Waals surface area contributed by atoms with Crippen LogP contribution in [0.2, 0.25) is 5.02 Å². The van der Waals surface area contributed by atoms with Crippen LogP contribution in [0, 0.1) is 0 Å². The highest BCUT2D eigenvalue weighted by Gasteiger charge is 2.32. The van der Waals surface area contributed by atoms with Crippen molar-refractivity contribution < 1.29 is 19.1 Å². The first kappa shape index (κ1) is 21.3. The zero-order valence-corrected chi connectivity index (χ0v) is 17.9. The van der Waals surface area contributed by atoms with Crippen LogP contribution in [0.5, 0.6) is 0 Å². The number of hydrogen-bond acceptors (Lipinski definition) is 5. The maximum absolute atomic E-state index is 12.7. The molecule has 2 aromatic rings. The Labute approximate surface area is 178 Å². The summed E-state index contributed by atoms with van der Waals surface area (Å²) in [6, 6.07) is 6.47. The van der Waals surface area contributed by atoms with Gasteiger partial charge in [0.25, 0.3) is 0 Å². The van der Waals surface area contributed by atoms with E-state index in [1.54, 1.807) is 31.2 Å². The predicted octanol–water partition coefficient (Wildman–Crippen LogP) is 4.66. The quantitative estimate of drug-likeness (QED) is 0.591. The Morgan fingerprint density at radius 1 is 1.24 bits per heavy atom. The van der Waals surface area contributed by atoms with Gasteiger partial charge in [-0.3, -0.25) is 9.59 Å². The van der Waals surface area contributed by atoms with Gasteiger partial charge in [0.15, 0.2) is 0 Å². The third-order valence-electron chi connectivity index (χ3n) is 4.61. The Bertz CT molecular complexity index is 906. The van der Waals surface area contributed by atoms with Crippen LogP contribution in [0.25, 0.3) is 0 Å². The summed E-state index contributed by atoms with van der Waals surface area (Å²) in [5, 5.41) is 8.62. The largest absolute Gasteiger partial charge is 0.462 e. The molecule has 1 saturated carbocycles. The van der Waals surface area contributed by atoms with Crippen LogP contribution >= 0.6 is 22.9 Å². The van der Waals surface area contributed by atoms with Crippen LogP contribution in [0.1, 0.15) is 66.6 Å². The van der Waals surface area contributed by atoms with Crippen LogP contribution in [0.4, 0.5) is 5.00 Å². The van der Waals surface area contributed by atoms with Crippen LogP contribution < -0.4 is 10.6 Å². The summed E-state index contributed by atoms with van der Waals surface area (Å²) < 4.78 is 5.19. The second kappa shape index (κ2) is 9.41. The van der Waals surface area contributed by atoms with Crippen molar-refractivity contribution in [2.24, 2.45) is 0 Å². The number of hydrogen-bond donors (Lipinski definition) is 2. The molecule has 1 atom stereocenters. The molecule has 1 fully saturated rings. The first-order valence-corrected chi connectivity index (χ1v) is 10.8. The molecule has 154 valence electrons. The molecule has 1 heterocycles. The van der Waals surface area contributed by atoms with E-state index >= 15 is 0 Å². The lowest BCUT2D eigenvalue weighted by Crippen LogP contribution is -2.29. The van der Waals surface area contributed by atoms with Crippen molar-refractivity contribution in [2.75, 3.05) is 11.9 Å². The number of esters is 1. The molecule has 1 unspecified atom stereocenters. The lowest BCUT2D eigenvalue weighted by atomic mass is 10.0. The van der Waals surface area contributed by atoms with E-state index in [0.29, 0.717) is 21.5 Å². The molecule has 1 aliphatic rings.